The zero-order chi connectivity index (χ0) is 13.3. The first kappa shape index (κ1) is 13.1. The maximum atomic E-state index is 13.3. The van der Waals surface area contributed by atoms with Crippen molar-refractivity contribution in [3.63, 3.8) is 0 Å². The first-order chi connectivity index (χ1) is 8.43. The van der Waals surface area contributed by atoms with E-state index in [1.807, 2.05) is 6.92 Å². The van der Waals surface area contributed by atoms with Gasteiger partial charge in [0.25, 0.3) is 0 Å². The molecule has 18 heavy (non-hydrogen) atoms. The lowest BCUT2D eigenvalue weighted by atomic mass is 9.78. The molecule has 2 rings (SSSR count). The minimum absolute atomic E-state index is 0.290. The number of rotatable bonds is 3. The quantitative estimate of drug-likeness (QED) is 0.890. The molecule has 0 aliphatic heterocycles. The number of halogens is 1. The second kappa shape index (κ2) is 4.71. The Morgan fingerprint density at radius 1 is 1.56 bits per heavy atom. The van der Waals surface area contributed by atoms with Crippen LogP contribution in [0.1, 0.15) is 37.3 Å². The molecule has 1 aromatic carbocycles. The fourth-order valence-corrected chi connectivity index (χ4v) is 3.02. The fourth-order valence-electron chi connectivity index (χ4n) is 3.02. The van der Waals surface area contributed by atoms with Gasteiger partial charge in [-0.05, 0) is 61.8 Å². The normalized spacial score (nSPS) is 27.4. The molecule has 0 saturated heterocycles. The van der Waals surface area contributed by atoms with E-state index >= 15 is 0 Å². The van der Waals surface area contributed by atoms with Gasteiger partial charge in [-0.15, -0.1) is 0 Å². The molecule has 1 aromatic rings. The van der Waals surface area contributed by atoms with Gasteiger partial charge in [-0.1, -0.05) is 13.0 Å². The summed E-state index contributed by atoms with van der Waals surface area (Å²) in [7, 11) is 0. The lowest BCUT2D eigenvalue weighted by molar-refractivity contribution is -0.148. The van der Waals surface area contributed by atoms with E-state index < -0.39 is 11.4 Å². The number of carboxylic acids is 1. The van der Waals surface area contributed by atoms with Crippen molar-refractivity contribution in [2.24, 2.45) is 11.3 Å². The van der Waals surface area contributed by atoms with Crippen molar-refractivity contribution in [2.45, 2.75) is 39.5 Å². The van der Waals surface area contributed by atoms with Crippen molar-refractivity contribution in [2.75, 3.05) is 0 Å². The van der Waals surface area contributed by atoms with Crippen molar-refractivity contribution in [1.82, 2.24) is 0 Å². The summed E-state index contributed by atoms with van der Waals surface area (Å²) in [5, 5.41) is 9.51. The van der Waals surface area contributed by atoms with Crippen molar-refractivity contribution in [3.8, 4) is 0 Å². The van der Waals surface area contributed by atoms with Crippen LogP contribution in [0.2, 0.25) is 0 Å². The largest absolute Gasteiger partial charge is 0.481 e. The Morgan fingerprint density at radius 3 is 2.83 bits per heavy atom. The number of aliphatic carboxylic acids is 1. The molecule has 1 fully saturated rings. The molecule has 1 N–H and O–H groups in total. The Bertz CT molecular complexity index is 470. The molecule has 0 bridgehead atoms. The maximum absolute atomic E-state index is 13.3. The van der Waals surface area contributed by atoms with Crippen molar-refractivity contribution >= 4 is 5.97 Å². The summed E-state index contributed by atoms with van der Waals surface area (Å²) in [5.74, 6) is -0.590. The van der Waals surface area contributed by atoms with Crippen LogP contribution in [0, 0.1) is 24.1 Å². The smallest absolute Gasteiger partial charge is 0.309 e. The van der Waals surface area contributed by atoms with Crippen LogP contribution in [0.25, 0.3) is 0 Å². The molecule has 3 heteroatoms. The second-order valence-corrected chi connectivity index (χ2v) is 5.68. The first-order valence-corrected chi connectivity index (χ1v) is 6.41. The van der Waals surface area contributed by atoms with E-state index in [1.165, 1.54) is 12.1 Å². The van der Waals surface area contributed by atoms with Gasteiger partial charge in [0.1, 0.15) is 5.82 Å². The van der Waals surface area contributed by atoms with E-state index in [-0.39, 0.29) is 5.82 Å². The minimum Gasteiger partial charge on any atom is -0.481 e. The number of carboxylic acid groups (broad SMARTS) is 1. The summed E-state index contributed by atoms with van der Waals surface area (Å²) in [6.07, 6.45) is 2.77. The van der Waals surface area contributed by atoms with Gasteiger partial charge < -0.3 is 5.11 Å². The SMILES string of the molecule is Cc1ccc(F)cc1CC1(C(=O)O)CCC(C)C1. The predicted octanol–water partition coefficient (Wildman–Crippen LogP) is 3.57. The Morgan fingerprint density at radius 2 is 2.28 bits per heavy atom. The van der Waals surface area contributed by atoms with Gasteiger partial charge >= 0.3 is 5.97 Å². The molecule has 0 aromatic heterocycles. The van der Waals surface area contributed by atoms with Gasteiger partial charge in [-0.3, -0.25) is 4.79 Å². The molecule has 0 amide bonds. The maximum Gasteiger partial charge on any atom is 0.309 e. The van der Waals surface area contributed by atoms with E-state index in [9.17, 15) is 14.3 Å². The van der Waals surface area contributed by atoms with Gasteiger partial charge in [-0.25, -0.2) is 4.39 Å². The fraction of sp³-hybridized carbons (Fsp3) is 0.533. The molecule has 2 nitrogen and oxygen atoms in total. The summed E-state index contributed by atoms with van der Waals surface area (Å²) in [6, 6.07) is 4.62. The van der Waals surface area contributed by atoms with E-state index in [0.29, 0.717) is 25.2 Å². The Balaban J connectivity index is 2.30. The van der Waals surface area contributed by atoms with Crippen LogP contribution in [0.15, 0.2) is 18.2 Å². The Labute approximate surface area is 107 Å². The third kappa shape index (κ3) is 2.40. The second-order valence-electron chi connectivity index (χ2n) is 5.68. The molecule has 0 heterocycles. The van der Waals surface area contributed by atoms with Gasteiger partial charge in [0.2, 0.25) is 0 Å². The van der Waals surface area contributed by atoms with Crippen molar-refractivity contribution < 1.29 is 14.3 Å². The highest BCUT2D eigenvalue weighted by Crippen LogP contribution is 2.44. The Kier molecular flexibility index (Phi) is 3.42. The van der Waals surface area contributed by atoms with E-state index in [1.54, 1.807) is 6.07 Å². The van der Waals surface area contributed by atoms with E-state index in [4.69, 9.17) is 0 Å². The predicted molar refractivity (Wildman–Crippen MR) is 67.9 cm³/mol. The summed E-state index contributed by atoms with van der Waals surface area (Å²) < 4.78 is 13.3. The Hall–Kier alpha value is -1.38. The highest BCUT2D eigenvalue weighted by atomic mass is 19.1. The van der Waals surface area contributed by atoms with Gasteiger partial charge in [0, 0.05) is 0 Å². The van der Waals surface area contributed by atoms with Crippen LogP contribution in [-0.2, 0) is 11.2 Å². The zero-order valence-corrected chi connectivity index (χ0v) is 10.9. The van der Waals surface area contributed by atoms with Gasteiger partial charge in [0.15, 0.2) is 0 Å². The van der Waals surface area contributed by atoms with Crippen molar-refractivity contribution in [1.29, 1.82) is 0 Å². The standard InChI is InChI=1S/C15H19FO2/c1-10-5-6-15(8-10,14(17)18)9-12-7-13(16)4-3-11(12)2/h3-4,7,10H,5-6,8-9H2,1-2H3,(H,17,18). The molecule has 2 unspecified atom stereocenters. The number of carbonyl (C=O) groups is 1. The molecule has 1 saturated carbocycles. The number of aryl methyl sites for hydroxylation is 1. The molecule has 2 atom stereocenters. The molecule has 98 valence electrons. The third-order valence-corrected chi connectivity index (χ3v) is 4.15. The van der Waals surface area contributed by atoms with Crippen molar-refractivity contribution in [3.05, 3.63) is 35.1 Å². The van der Waals surface area contributed by atoms with Gasteiger partial charge in [-0.2, -0.15) is 0 Å². The van der Waals surface area contributed by atoms with Crippen LogP contribution in [-0.4, -0.2) is 11.1 Å². The number of benzene rings is 1. The lowest BCUT2D eigenvalue weighted by Gasteiger charge is -2.25. The molecule has 1 aliphatic rings. The van der Waals surface area contributed by atoms with Crippen LogP contribution in [0.5, 0.6) is 0 Å². The topological polar surface area (TPSA) is 37.3 Å². The number of hydrogen-bond donors (Lipinski definition) is 1. The summed E-state index contributed by atoms with van der Waals surface area (Å²) >= 11 is 0. The van der Waals surface area contributed by atoms with Gasteiger partial charge in [0.05, 0.1) is 5.41 Å². The van der Waals surface area contributed by atoms with E-state index in [2.05, 4.69) is 6.92 Å². The molecule has 0 spiro atoms. The highest BCUT2D eigenvalue weighted by molar-refractivity contribution is 5.75. The van der Waals surface area contributed by atoms with Crippen LogP contribution >= 0.6 is 0 Å². The first-order valence-electron chi connectivity index (χ1n) is 6.41. The average molecular weight is 250 g/mol. The van der Waals surface area contributed by atoms with E-state index in [0.717, 1.165) is 17.5 Å². The molecule has 1 aliphatic carbocycles. The minimum atomic E-state index is -0.740. The molecule has 0 radical (unpaired) electrons. The highest BCUT2D eigenvalue weighted by Gasteiger charge is 2.44. The average Bonchev–Trinajstić information content (AvgIpc) is 2.67. The number of hydrogen-bond acceptors (Lipinski definition) is 1. The van der Waals surface area contributed by atoms with Crippen LogP contribution in [0.4, 0.5) is 4.39 Å². The summed E-state index contributed by atoms with van der Waals surface area (Å²) in [5.41, 5.74) is 1.10. The summed E-state index contributed by atoms with van der Waals surface area (Å²) in [4.78, 5) is 11.6. The van der Waals surface area contributed by atoms with Crippen LogP contribution < -0.4 is 0 Å². The monoisotopic (exact) mass is 250 g/mol. The zero-order valence-electron chi connectivity index (χ0n) is 10.9. The third-order valence-electron chi connectivity index (χ3n) is 4.15. The lowest BCUT2D eigenvalue weighted by Crippen LogP contribution is -2.31. The summed E-state index contributed by atoms with van der Waals surface area (Å²) in [6.45, 7) is 3.99. The van der Waals surface area contributed by atoms with Crippen LogP contribution in [0.3, 0.4) is 0 Å². The molecular weight excluding hydrogens is 231 g/mol. The molecular formula is C15H19FO2.